The molecule has 0 aliphatic rings. The van der Waals surface area contributed by atoms with Crippen LogP contribution >= 0.6 is 11.3 Å². The van der Waals surface area contributed by atoms with Gasteiger partial charge in [-0.25, -0.2) is 0 Å². The predicted molar refractivity (Wildman–Crippen MR) is 81.3 cm³/mol. The number of nitrogens with zero attached hydrogens (tertiary/aromatic N) is 1. The molecule has 3 heteroatoms. The van der Waals surface area contributed by atoms with E-state index in [1.807, 2.05) is 23.7 Å². The minimum Gasteiger partial charge on any atom is -0.306 e. The number of fused-ring (bicyclic) bond motifs is 1. The fourth-order valence-corrected chi connectivity index (χ4v) is 3.17. The lowest BCUT2D eigenvalue weighted by molar-refractivity contribution is 0.576. The number of nitrogens with one attached hydrogen (secondary N) is 1. The number of thiophene rings is 1. The maximum absolute atomic E-state index is 4.05. The second-order valence-electron chi connectivity index (χ2n) is 4.64. The number of aromatic nitrogens is 1. The molecule has 1 atom stereocenters. The molecule has 3 rings (SSSR count). The van der Waals surface area contributed by atoms with Crippen molar-refractivity contribution in [3.8, 4) is 0 Å². The lowest BCUT2D eigenvalue weighted by Crippen LogP contribution is -2.17. The first-order chi connectivity index (χ1) is 9.34. The van der Waals surface area contributed by atoms with E-state index < -0.39 is 0 Å². The summed E-state index contributed by atoms with van der Waals surface area (Å²) < 4.78 is 1.36. The van der Waals surface area contributed by atoms with Crippen molar-refractivity contribution in [3.63, 3.8) is 0 Å². The molecule has 2 aromatic heterocycles. The van der Waals surface area contributed by atoms with Gasteiger partial charge in [-0.15, -0.1) is 11.3 Å². The van der Waals surface area contributed by atoms with Crippen molar-refractivity contribution in [1.82, 2.24) is 10.3 Å². The molecule has 0 fully saturated rings. The molecular weight excluding hydrogens is 252 g/mol. The topological polar surface area (TPSA) is 24.9 Å². The maximum atomic E-state index is 4.05. The number of pyridine rings is 1. The molecule has 0 bridgehead atoms. The van der Waals surface area contributed by atoms with E-state index in [4.69, 9.17) is 0 Å². The van der Waals surface area contributed by atoms with Crippen molar-refractivity contribution in [2.75, 3.05) is 0 Å². The van der Waals surface area contributed by atoms with Crippen LogP contribution in [-0.4, -0.2) is 4.98 Å². The van der Waals surface area contributed by atoms with Gasteiger partial charge in [0, 0.05) is 29.7 Å². The van der Waals surface area contributed by atoms with Crippen LogP contribution in [0.3, 0.4) is 0 Å². The summed E-state index contributed by atoms with van der Waals surface area (Å²) in [6.45, 7) is 3.08. The second kappa shape index (κ2) is 5.51. The molecule has 3 aromatic rings. The summed E-state index contributed by atoms with van der Waals surface area (Å²) >= 11 is 1.81. The van der Waals surface area contributed by atoms with Gasteiger partial charge in [0.15, 0.2) is 0 Å². The summed E-state index contributed by atoms with van der Waals surface area (Å²) in [6, 6.07) is 13.0. The van der Waals surface area contributed by atoms with E-state index in [9.17, 15) is 0 Å². The molecule has 0 saturated carbocycles. The second-order valence-corrected chi connectivity index (χ2v) is 5.55. The van der Waals surface area contributed by atoms with Crippen LogP contribution < -0.4 is 5.32 Å². The van der Waals surface area contributed by atoms with Crippen LogP contribution in [-0.2, 0) is 6.54 Å². The minimum absolute atomic E-state index is 0.335. The molecule has 0 unspecified atom stereocenters. The van der Waals surface area contributed by atoms with E-state index in [0.29, 0.717) is 6.04 Å². The van der Waals surface area contributed by atoms with Crippen LogP contribution in [0.4, 0.5) is 0 Å². The van der Waals surface area contributed by atoms with E-state index in [1.165, 1.54) is 21.2 Å². The number of hydrogen-bond donors (Lipinski definition) is 1. The Hall–Kier alpha value is -1.71. The van der Waals surface area contributed by atoms with E-state index >= 15 is 0 Å². The third kappa shape index (κ3) is 2.67. The van der Waals surface area contributed by atoms with Crippen LogP contribution in [0.1, 0.15) is 24.1 Å². The first-order valence-corrected chi connectivity index (χ1v) is 7.31. The molecule has 0 saturated heterocycles. The van der Waals surface area contributed by atoms with Crippen LogP contribution in [0.15, 0.2) is 54.2 Å². The van der Waals surface area contributed by atoms with E-state index in [-0.39, 0.29) is 0 Å². The van der Waals surface area contributed by atoms with Crippen LogP contribution in [0, 0.1) is 0 Å². The van der Waals surface area contributed by atoms with Crippen molar-refractivity contribution in [2.45, 2.75) is 19.5 Å². The van der Waals surface area contributed by atoms with Crippen molar-refractivity contribution < 1.29 is 0 Å². The van der Waals surface area contributed by atoms with Gasteiger partial charge in [0.1, 0.15) is 0 Å². The fraction of sp³-hybridized carbons (Fsp3) is 0.188. The number of rotatable bonds is 4. The molecular formula is C16H16N2S. The van der Waals surface area contributed by atoms with Gasteiger partial charge in [-0.05, 0) is 47.0 Å². The third-order valence-electron chi connectivity index (χ3n) is 3.37. The maximum Gasteiger partial charge on any atom is 0.0346 e. The molecule has 0 amide bonds. The van der Waals surface area contributed by atoms with Gasteiger partial charge in [-0.3, -0.25) is 4.98 Å². The van der Waals surface area contributed by atoms with E-state index in [1.54, 1.807) is 0 Å². The molecule has 0 radical (unpaired) electrons. The highest BCUT2D eigenvalue weighted by Gasteiger charge is 2.07. The highest BCUT2D eigenvalue weighted by Crippen LogP contribution is 2.26. The highest BCUT2D eigenvalue weighted by molar-refractivity contribution is 7.17. The Kier molecular flexibility index (Phi) is 3.58. The fourth-order valence-electron chi connectivity index (χ4n) is 2.20. The van der Waals surface area contributed by atoms with Crippen LogP contribution in [0.5, 0.6) is 0 Å². The molecule has 2 heterocycles. The molecule has 0 spiro atoms. The Balaban J connectivity index is 1.73. The van der Waals surface area contributed by atoms with Gasteiger partial charge in [0.2, 0.25) is 0 Å². The van der Waals surface area contributed by atoms with Crippen LogP contribution in [0.2, 0.25) is 0 Å². The van der Waals surface area contributed by atoms with Crippen molar-refractivity contribution in [1.29, 1.82) is 0 Å². The zero-order valence-electron chi connectivity index (χ0n) is 10.8. The van der Waals surface area contributed by atoms with E-state index in [0.717, 1.165) is 6.54 Å². The Morgan fingerprint density at radius 1 is 1.16 bits per heavy atom. The van der Waals surface area contributed by atoms with Gasteiger partial charge >= 0.3 is 0 Å². The third-order valence-corrected chi connectivity index (χ3v) is 4.38. The monoisotopic (exact) mass is 268 g/mol. The average molecular weight is 268 g/mol. The molecule has 1 aromatic carbocycles. The number of hydrogen-bond acceptors (Lipinski definition) is 3. The van der Waals surface area contributed by atoms with Crippen LogP contribution in [0.25, 0.3) is 10.1 Å². The Morgan fingerprint density at radius 3 is 2.79 bits per heavy atom. The SMILES string of the molecule is C[C@@H](NCc1csc2ccccc12)c1ccncc1. The highest BCUT2D eigenvalue weighted by atomic mass is 32.1. The van der Waals surface area contributed by atoms with Gasteiger partial charge in [-0.2, -0.15) is 0 Å². The summed E-state index contributed by atoms with van der Waals surface area (Å²) in [5, 5.41) is 7.18. The lowest BCUT2D eigenvalue weighted by Gasteiger charge is -2.13. The predicted octanol–water partition coefficient (Wildman–Crippen LogP) is 4.15. The number of benzene rings is 1. The van der Waals surface area contributed by atoms with Gasteiger partial charge in [0.05, 0.1) is 0 Å². The average Bonchev–Trinajstić information content (AvgIpc) is 2.89. The summed E-state index contributed by atoms with van der Waals surface area (Å²) in [4.78, 5) is 4.05. The molecule has 0 aliphatic carbocycles. The van der Waals surface area contributed by atoms with Crippen molar-refractivity contribution in [3.05, 3.63) is 65.3 Å². The summed E-state index contributed by atoms with van der Waals surface area (Å²) in [7, 11) is 0. The molecule has 0 aliphatic heterocycles. The zero-order valence-corrected chi connectivity index (χ0v) is 11.7. The van der Waals surface area contributed by atoms with Gasteiger partial charge < -0.3 is 5.32 Å². The lowest BCUT2D eigenvalue weighted by atomic mass is 10.1. The van der Waals surface area contributed by atoms with Gasteiger partial charge in [0.25, 0.3) is 0 Å². The quantitative estimate of drug-likeness (QED) is 0.769. The minimum atomic E-state index is 0.335. The molecule has 1 N–H and O–H groups in total. The van der Waals surface area contributed by atoms with Crippen molar-refractivity contribution >= 4 is 21.4 Å². The first-order valence-electron chi connectivity index (χ1n) is 6.43. The van der Waals surface area contributed by atoms with Crippen molar-refractivity contribution in [2.24, 2.45) is 0 Å². The first kappa shape index (κ1) is 12.3. The molecule has 2 nitrogen and oxygen atoms in total. The summed E-state index contributed by atoms with van der Waals surface area (Å²) in [5.74, 6) is 0. The van der Waals surface area contributed by atoms with E-state index in [2.05, 4.69) is 59.0 Å². The Labute approximate surface area is 117 Å². The molecule has 19 heavy (non-hydrogen) atoms. The normalized spacial score (nSPS) is 12.7. The smallest absolute Gasteiger partial charge is 0.0346 e. The molecule has 96 valence electrons. The largest absolute Gasteiger partial charge is 0.306 e. The zero-order chi connectivity index (χ0) is 13.1. The Morgan fingerprint density at radius 2 is 1.95 bits per heavy atom. The van der Waals surface area contributed by atoms with Gasteiger partial charge in [-0.1, -0.05) is 18.2 Å². The summed E-state index contributed by atoms with van der Waals surface area (Å²) in [5.41, 5.74) is 2.65. The summed E-state index contributed by atoms with van der Waals surface area (Å²) in [6.07, 6.45) is 3.68. The standard InChI is InChI=1S/C16H16N2S/c1-12(13-6-8-17-9-7-13)18-10-14-11-19-16-5-3-2-4-15(14)16/h2-9,11-12,18H,10H2,1H3/t12-/m1/s1. The Bertz CT molecular complexity index is 661.